The quantitative estimate of drug-likeness (QED) is 0.602. The fraction of sp³-hybridized carbons (Fsp3) is 0.632. The SMILES string of the molecule is CCCC(C)(O)C(=O)CCC1(COS(=O)(=O)c2ccc(C)cc2)OCCO1. The Hall–Kier alpha value is -1.32. The van der Waals surface area contributed by atoms with E-state index in [1.165, 1.54) is 19.1 Å². The van der Waals surface area contributed by atoms with Crippen LogP contribution in [-0.2, 0) is 28.6 Å². The molecule has 27 heavy (non-hydrogen) atoms. The van der Waals surface area contributed by atoms with Crippen LogP contribution < -0.4 is 0 Å². The molecule has 1 aliphatic rings. The van der Waals surface area contributed by atoms with Gasteiger partial charge >= 0.3 is 0 Å². The number of aryl methyl sites for hydroxylation is 1. The molecule has 0 spiro atoms. The molecule has 7 nitrogen and oxygen atoms in total. The zero-order chi connectivity index (χ0) is 20.1. The third-order valence-corrected chi connectivity index (χ3v) is 5.91. The van der Waals surface area contributed by atoms with Crippen molar-refractivity contribution in [2.45, 2.75) is 62.7 Å². The minimum absolute atomic E-state index is 0.000932. The van der Waals surface area contributed by atoms with E-state index in [0.29, 0.717) is 12.8 Å². The number of aliphatic hydroxyl groups is 1. The molecule has 0 saturated carbocycles. The van der Waals surface area contributed by atoms with Gasteiger partial charge in [0.05, 0.1) is 18.1 Å². The van der Waals surface area contributed by atoms with Gasteiger partial charge in [-0.2, -0.15) is 8.42 Å². The Morgan fingerprint density at radius 3 is 2.41 bits per heavy atom. The Morgan fingerprint density at radius 2 is 1.85 bits per heavy atom. The molecule has 0 aliphatic carbocycles. The van der Waals surface area contributed by atoms with E-state index in [4.69, 9.17) is 13.7 Å². The Labute approximate surface area is 160 Å². The van der Waals surface area contributed by atoms with Crippen molar-refractivity contribution in [2.75, 3.05) is 19.8 Å². The van der Waals surface area contributed by atoms with Crippen molar-refractivity contribution < 1.29 is 32.0 Å². The third-order valence-electron chi connectivity index (χ3n) is 4.63. The molecule has 0 radical (unpaired) electrons. The van der Waals surface area contributed by atoms with Gasteiger partial charge in [0.25, 0.3) is 10.1 Å². The molecule has 0 bridgehead atoms. The molecule has 8 heteroatoms. The zero-order valence-corrected chi connectivity index (χ0v) is 16.9. The van der Waals surface area contributed by atoms with E-state index in [-0.39, 0.29) is 43.3 Å². The minimum Gasteiger partial charge on any atom is -0.382 e. The number of carbonyl (C=O) groups excluding carboxylic acids is 1. The number of ketones is 1. The second kappa shape index (κ2) is 8.79. The van der Waals surface area contributed by atoms with Gasteiger partial charge in [-0.15, -0.1) is 0 Å². The molecule has 1 saturated heterocycles. The average molecular weight is 400 g/mol. The van der Waals surface area contributed by atoms with E-state index in [1.54, 1.807) is 12.1 Å². The summed E-state index contributed by atoms with van der Waals surface area (Å²) in [5.74, 6) is -1.64. The van der Waals surface area contributed by atoms with Gasteiger partial charge in [0.1, 0.15) is 12.2 Å². The van der Waals surface area contributed by atoms with Gasteiger partial charge in [-0.25, -0.2) is 0 Å². The van der Waals surface area contributed by atoms with E-state index >= 15 is 0 Å². The van der Waals surface area contributed by atoms with Crippen LogP contribution in [0.1, 0.15) is 45.1 Å². The lowest BCUT2D eigenvalue weighted by molar-refractivity contribution is -0.184. The van der Waals surface area contributed by atoms with Crippen molar-refractivity contribution in [2.24, 2.45) is 0 Å². The van der Waals surface area contributed by atoms with Gasteiger partial charge in [0, 0.05) is 12.8 Å². The first kappa shape index (κ1) is 22.0. The van der Waals surface area contributed by atoms with Crippen LogP contribution >= 0.6 is 0 Å². The van der Waals surface area contributed by atoms with E-state index in [0.717, 1.165) is 5.56 Å². The van der Waals surface area contributed by atoms with Crippen LogP contribution in [0.2, 0.25) is 0 Å². The number of benzene rings is 1. The van der Waals surface area contributed by atoms with E-state index in [2.05, 4.69) is 0 Å². The molecule has 0 amide bonds. The predicted octanol–water partition coefficient (Wildman–Crippen LogP) is 2.34. The van der Waals surface area contributed by atoms with Crippen molar-refractivity contribution in [3.05, 3.63) is 29.8 Å². The fourth-order valence-corrected chi connectivity index (χ4v) is 3.88. The van der Waals surface area contributed by atoms with Crippen LogP contribution in [0.5, 0.6) is 0 Å². The van der Waals surface area contributed by atoms with Crippen molar-refractivity contribution in [1.29, 1.82) is 0 Å². The normalized spacial score (nSPS) is 19.0. The van der Waals surface area contributed by atoms with Crippen LogP contribution in [-0.4, -0.2) is 50.5 Å². The number of carbonyl (C=O) groups is 1. The third kappa shape index (κ3) is 5.83. The highest BCUT2D eigenvalue weighted by Gasteiger charge is 2.40. The number of hydrogen-bond acceptors (Lipinski definition) is 7. The van der Waals surface area contributed by atoms with Crippen molar-refractivity contribution in [3.63, 3.8) is 0 Å². The monoisotopic (exact) mass is 400 g/mol. The van der Waals surface area contributed by atoms with Crippen LogP contribution in [0.3, 0.4) is 0 Å². The smallest absolute Gasteiger partial charge is 0.297 e. The summed E-state index contributed by atoms with van der Waals surface area (Å²) in [7, 11) is -3.97. The van der Waals surface area contributed by atoms with Crippen LogP contribution in [0.15, 0.2) is 29.2 Å². The molecule has 1 atom stereocenters. The van der Waals surface area contributed by atoms with Crippen LogP contribution in [0.25, 0.3) is 0 Å². The molecule has 0 aromatic heterocycles. The maximum atomic E-state index is 12.4. The highest BCUT2D eigenvalue weighted by atomic mass is 32.2. The Bertz CT molecular complexity index is 732. The van der Waals surface area contributed by atoms with E-state index in [1.807, 2.05) is 13.8 Å². The summed E-state index contributed by atoms with van der Waals surface area (Å²) in [5.41, 5.74) is -0.478. The summed E-state index contributed by atoms with van der Waals surface area (Å²) < 4.78 is 41.1. The van der Waals surface area contributed by atoms with Crippen LogP contribution in [0, 0.1) is 6.92 Å². The van der Waals surface area contributed by atoms with E-state index < -0.39 is 21.5 Å². The second-order valence-corrected chi connectivity index (χ2v) is 8.70. The molecule has 1 unspecified atom stereocenters. The number of ether oxygens (including phenoxy) is 2. The highest BCUT2D eigenvalue weighted by molar-refractivity contribution is 7.86. The summed E-state index contributed by atoms with van der Waals surface area (Å²) in [6.45, 7) is 5.45. The summed E-state index contributed by atoms with van der Waals surface area (Å²) in [4.78, 5) is 12.3. The maximum Gasteiger partial charge on any atom is 0.297 e. The summed E-state index contributed by atoms with van der Waals surface area (Å²) in [5, 5.41) is 10.2. The molecule has 2 rings (SSSR count). The molecule has 1 fully saturated rings. The first-order valence-corrected chi connectivity index (χ1v) is 10.5. The Kier molecular flexibility index (Phi) is 7.15. The molecule has 1 aliphatic heterocycles. The summed E-state index contributed by atoms with van der Waals surface area (Å²) >= 11 is 0. The summed E-state index contributed by atoms with van der Waals surface area (Å²) in [6, 6.07) is 6.31. The molecule has 1 heterocycles. The van der Waals surface area contributed by atoms with Gasteiger partial charge in [-0.1, -0.05) is 31.0 Å². The predicted molar refractivity (Wildman–Crippen MR) is 98.7 cm³/mol. The van der Waals surface area contributed by atoms with Crippen molar-refractivity contribution in [3.8, 4) is 0 Å². The molecule has 1 aromatic carbocycles. The first-order valence-electron chi connectivity index (χ1n) is 9.10. The van der Waals surface area contributed by atoms with Gasteiger partial charge in [-0.3, -0.25) is 8.98 Å². The Morgan fingerprint density at radius 1 is 1.26 bits per heavy atom. The standard InChI is InChI=1S/C19H28O7S/c1-4-10-18(3,21)17(20)9-11-19(24-12-13-25-19)14-26-27(22,23)16-7-5-15(2)6-8-16/h5-8,21H,4,9-14H2,1-3H3. The Balaban J connectivity index is 2.02. The number of rotatable bonds is 10. The lowest BCUT2D eigenvalue weighted by Gasteiger charge is -2.28. The molecule has 1 N–H and O–H groups in total. The zero-order valence-electron chi connectivity index (χ0n) is 16.1. The summed E-state index contributed by atoms with van der Waals surface area (Å²) in [6.07, 6.45) is 1.14. The lowest BCUT2D eigenvalue weighted by Crippen LogP contribution is -2.40. The molecular weight excluding hydrogens is 372 g/mol. The molecule has 152 valence electrons. The highest BCUT2D eigenvalue weighted by Crippen LogP contribution is 2.29. The van der Waals surface area contributed by atoms with Crippen molar-refractivity contribution >= 4 is 15.9 Å². The fourth-order valence-electron chi connectivity index (χ4n) is 2.94. The van der Waals surface area contributed by atoms with Gasteiger partial charge in [0.15, 0.2) is 11.6 Å². The van der Waals surface area contributed by atoms with Crippen LogP contribution in [0.4, 0.5) is 0 Å². The van der Waals surface area contributed by atoms with Gasteiger partial charge < -0.3 is 14.6 Å². The van der Waals surface area contributed by atoms with Gasteiger partial charge in [0.2, 0.25) is 0 Å². The topological polar surface area (TPSA) is 99.1 Å². The lowest BCUT2D eigenvalue weighted by atomic mass is 9.91. The average Bonchev–Trinajstić information content (AvgIpc) is 3.08. The minimum atomic E-state index is -3.97. The number of Topliss-reactive ketones (excluding diaryl/α,β-unsaturated/α-hetero) is 1. The molecular formula is C19H28O7S. The maximum absolute atomic E-state index is 12.4. The molecule has 1 aromatic rings. The largest absolute Gasteiger partial charge is 0.382 e. The van der Waals surface area contributed by atoms with Gasteiger partial charge in [-0.05, 0) is 32.4 Å². The number of hydrogen-bond donors (Lipinski definition) is 1. The first-order chi connectivity index (χ1) is 12.6. The second-order valence-electron chi connectivity index (χ2n) is 7.08. The van der Waals surface area contributed by atoms with E-state index in [9.17, 15) is 18.3 Å². The van der Waals surface area contributed by atoms with Crippen molar-refractivity contribution in [1.82, 2.24) is 0 Å².